The van der Waals surface area contributed by atoms with Crippen molar-refractivity contribution in [2.75, 3.05) is 0 Å². The Morgan fingerprint density at radius 3 is 1.93 bits per heavy atom. The molecule has 0 saturated heterocycles. The van der Waals surface area contributed by atoms with Gasteiger partial charge < -0.3 is 24.8 Å². The molecular weight excluding hydrogens is 643 g/mol. The van der Waals surface area contributed by atoms with Crippen molar-refractivity contribution in [3.63, 3.8) is 0 Å². The maximum atomic E-state index is 3.00. The van der Waals surface area contributed by atoms with Gasteiger partial charge in [-0.3, -0.25) is 0 Å². The van der Waals surface area contributed by atoms with Crippen molar-refractivity contribution in [1.29, 1.82) is 0 Å². The monoisotopic (exact) mass is 694 g/mol. The SMILES string of the molecule is C=C.CC(C)(C)[c-]1cccc1.C[C-]1C2=C3Cc4ccccc4C3=C3C=CCCC3C2(C)C(C)(C)C(C)(C)C1(C)C.[Cl-].[Cl-].[Zr+4]. The molecule has 0 aromatic heterocycles. The summed E-state index contributed by atoms with van der Waals surface area (Å²) in [7, 11) is 0. The number of rotatable bonds is 0. The summed E-state index contributed by atoms with van der Waals surface area (Å²) in [4.78, 5) is 0. The summed E-state index contributed by atoms with van der Waals surface area (Å²) in [5.41, 5.74) is 12.0. The molecule has 1 fully saturated rings. The zero-order valence-electron chi connectivity index (χ0n) is 28.6. The van der Waals surface area contributed by atoms with Crippen molar-refractivity contribution in [1.82, 2.24) is 0 Å². The second-order valence-corrected chi connectivity index (χ2v) is 15.2. The molecular formula is C40H54Cl2Zr. The maximum Gasteiger partial charge on any atom is 4.00 e. The predicted molar refractivity (Wildman–Crippen MR) is 176 cm³/mol. The average molecular weight is 697 g/mol. The van der Waals surface area contributed by atoms with E-state index >= 15 is 0 Å². The van der Waals surface area contributed by atoms with Gasteiger partial charge in [0.1, 0.15) is 0 Å². The Labute approximate surface area is 296 Å². The van der Waals surface area contributed by atoms with Gasteiger partial charge in [-0.1, -0.05) is 140 Å². The number of hydrogen-bond acceptors (Lipinski definition) is 0. The molecule has 232 valence electrons. The van der Waals surface area contributed by atoms with Crippen molar-refractivity contribution < 1.29 is 51.0 Å². The van der Waals surface area contributed by atoms with Crippen LogP contribution in [0.4, 0.5) is 0 Å². The van der Waals surface area contributed by atoms with Crippen LogP contribution >= 0.6 is 0 Å². The summed E-state index contributed by atoms with van der Waals surface area (Å²) in [6.07, 6.45) is 8.50. The first-order valence-electron chi connectivity index (χ1n) is 15.4. The van der Waals surface area contributed by atoms with E-state index < -0.39 is 0 Å². The van der Waals surface area contributed by atoms with Gasteiger partial charge in [0.05, 0.1) is 0 Å². The van der Waals surface area contributed by atoms with Crippen LogP contribution in [-0.4, -0.2) is 0 Å². The molecule has 2 unspecified atom stereocenters. The topological polar surface area (TPSA) is 0 Å². The van der Waals surface area contributed by atoms with Gasteiger partial charge >= 0.3 is 26.2 Å². The Morgan fingerprint density at radius 1 is 0.837 bits per heavy atom. The number of hydrogen-bond donors (Lipinski definition) is 0. The Morgan fingerprint density at radius 2 is 1.40 bits per heavy atom. The molecule has 2 atom stereocenters. The molecule has 0 radical (unpaired) electrons. The van der Waals surface area contributed by atoms with Crippen LogP contribution in [0.5, 0.6) is 0 Å². The van der Waals surface area contributed by atoms with Crippen molar-refractivity contribution in [3.8, 4) is 0 Å². The first kappa shape index (κ1) is 39.9. The van der Waals surface area contributed by atoms with Crippen LogP contribution < -0.4 is 24.8 Å². The summed E-state index contributed by atoms with van der Waals surface area (Å²) in [5.74, 6) is 2.24. The minimum absolute atomic E-state index is 0. The van der Waals surface area contributed by atoms with Gasteiger partial charge in [-0.25, -0.2) is 18.1 Å². The van der Waals surface area contributed by atoms with Crippen molar-refractivity contribution >= 4 is 5.57 Å². The molecule has 43 heavy (non-hydrogen) atoms. The molecule has 0 heterocycles. The molecule has 0 N–H and O–H groups in total. The van der Waals surface area contributed by atoms with Gasteiger partial charge in [0.25, 0.3) is 0 Å². The van der Waals surface area contributed by atoms with Crippen LogP contribution in [0, 0.1) is 33.5 Å². The van der Waals surface area contributed by atoms with Crippen LogP contribution in [0.15, 0.2) is 90.6 Å². The Bertz CT molecular complexity index is 1340. The average Bonchev–Trinajstić information content (AvgIpc) is 3.58. The molecule has 2 aromatic carbocycles. The van der Waals surface area contributed by atoms with Crippen LogP contribution in [0.1, 0.15) is 106 Å². The van der Waals surface area contributed by atoms with Crippen LogP contribution in [0.25, 0.3) is 5.57 Å². The van der Waals surface area contributed by atoms with E-state index in [1.807, 2.05) is 0 Å². The molecule has 0 aliphatic heterocycles. The third kappa shape index (κ3) is 5.83. The fraction of sp³-hybridized carbons (Fsp3) is 0.500. The summed E-state index contributed by atoms with van der Waals surface area (Å²) >= 11 is 0. The summed E-state index contributed by atoms with van der Waals surface area (Å²) in [6, 6.07) is 17.7. The Balaban J connectivity index is 0.000000569. The second-order valence-electron chi connectivity index (χ2n) is 15.2. The number of halogens is 2. The Kier molecular flexibility index (Phi) is 12.7. The minimum atomic E-state index is 0. The first-order valence-corrected chi connectivity index (χ1v) is 15.4. The van der Waals surface area contributed by atoms with Gasteiger partial charge in [-0.05, 0) is 40.6 Å². The van der Waals surface area contributed by atoms with E-state index in [4.69, 9.17) is 0 Å². The number of allylic oxidation sites excluding steroid dienone is 6. The quantitative estimate of drug-likeness (QED) is 0.253. The molecule has 0 bridgehead atoms. The van der Waals surface area contributed by atoms with Crippen LogP contribution in [0.2, 0.25) is 0 Å². The van der Waals surface area contributed by atoms with Crippen molar-refractivity contribution in [2.45, 2.75) is 101 Å². The van der Waals surface area contributed by atoms with E-state index in [1.54, 1.807) is 28.2 Å². The standard InChI is InChI=1S/C29H37.C9H13.C2H4.2ClH.Zr/c1-18-25-22-17-19-13-9-10-14-20(19)24(22)21-15-11-12-16-23(21)29(25,8)28(6,7)27(4,5)26(18,2)3;1-9(2,3)8-6-4-5-7-8;1-2;;;/h9-11,13-15,23H,12,16-17H2,1-8H3;4-7H,1-3H3;1-2H2;2*1H;/q2*-1;;;;+4/p-2. The fourth-order valence-electron chi connectivity index (χ4n) is 8.44. The third-order valence-electron chi connectivity index (χ3n) is 12.3. The molecule has 1 saturated carbocycles. The second kappa shape index (κ2) is 13.7. The van der Waals surface area contributed by atoms with Gasteiger partial charge in [0, 0.05) is 0 Å². The van der Waals surface area contributed by atoms with Gasteiger partial charge in [-0.15, -0.1) is 20.1 Å². The van der Waals surface area contributed by atoms with Crippen molar-refractivity contribution in [3.05, 3.63) is 113 Å². The van der Waals surface area contributed by atoms with Crippen molar-refractivity contribution in [2.24, 2.45) is 27.6 Å². The van der Waals surface area contributed by atoms with Gasteiger partial charge in [0.2, 0.25) is 0 Å². The van der Waals surface area contributed by atoms with Crippen LogP contribution in [-0.2, 0) is 38.0 Å². The summed E-state index contributed by atoms with van der Waals surface area (Å²) in [5, 5.41) is 0. The number of fused-ring (bicyclic) bond motifs is 6. The van der Waals surface area contributed by atoms with E-state index in [0.29, 0.717) is 11.3 Å². The fourth-order valence-corrected chi connectivity index (χ4v) is 8.44. The number of benzene rings is 1. The van der Waals surface area contributed by atoms with E-state index in [9.17, 15) is 0 Å². The normalized spacial score (nSPS) is 25.0. The molecule has 6 rings (SSSR count). The molecule has 4 aliphatic carbocycles. The summed E-state index contributed by atoms with van der Waals surface area (Å²) < 4.78 is 0. The van der Waals surface area contributed by atoms with Gasteiger partial charge in [0.15, 0.2) is 0 Å². The largest absolute Gasteiger partial charge is 4.00 e. The molecule has 3 heteroatoms. The zero-order chi connectivity index (χ0) is 29.9. The van der Waals surface area contributed by atoms with E-state index in [1.165, 1.54) is 29.5 Å². The molecule has 4 aliphatic rings. The molecule has 0 amide bonds. The smallest absolute Gasteiger partial charge is 1.00 e. The molecule has 2 aromatic rings. The van der Waals surface area contributed by atoms with E-state index in [0.717, 1.165) is 6.42 Å². The predicted octanol–water partition coefficient (Wildman–Crippen LogP) is 5.48. The molecule has 0 spiro atoms. The first-order chi connectivity index (χ1) is 18.6. The zero-order valence-corrected chi connectivity index (χ0v) is 32.6. The Hall–Kier alpha value is -1.14. The van der Waals surface area contributed by atoms with E-state index in [2.05, 4.69) is 150 Å². The van der Waals surface area contributed by atoms with Gasteiger partial charge in [-0.2, -0.15) is 28.8 Å². The van der Waals surface area contributed by atoms with E-state index in [-0.39, 0.29) is 72.7 Å². The molecule has 0 nitrogen and oxygen atoms in total. The summed E-state index contributed by atoms with van der Waals surface area (Å²) in [6.45, 7) is 33.0. The minimum Gasteiger partial charge on any atom is -1.00 e. The van der Waals surface area contributed by atoms with Crippen LogP contribution in [0.3, 0.4) is 0 Å². The third-order valence-corrected chi connectivity index (χ3v) is 12.3. The maximum absolute atomic E-state index is 3.00.